The summed E-state index contributed by atoms with van der Waals surface area (Å²) < 4.78 is 13.5. The quantitative estimate of drug-likeness (QED) is 0.731. The average Bonchev–Trinajstić information content (AvgIpc) is 2.23. The van der Waals surface area contributed by atoms with Gasteiger partial charge in [-0.05, 0) is 41.8 Å². The second kappa shape index (κ2) is 6.06. The van der Waals surface area contributed by atoms with Crippen LogP contribution in [0.25, 0.3) is 0 Å². The van der Waals surface area contributed by atoms with Gasteiger partial charge in [-0.3, -0.25) is 0 Å². The van der Waals surface area contributed by atoms with Crippen LogP contribution in [0.15, 0.2) is 16.6 Å². The summed E-state index contributed by atoms with van der Waals surface area (Å²) in [4.78, 5) is 0. The molecule has 1 aromatic carbocycles. The highest BCUT2D eigenvalue weighted by Gasteiger charge is 2.08. The highest BCUT2D eigenvalue weighted by Crippen LogP contribution is 2.27. The Morgan fingerprint density at radius 1 is 1.56 bits per heavy atom. The lowest BCUT2D eigenvalue weighted by Gasteiger charge is -2.16. The normalized spacial score (nSPS) is 12.5. The maximum Gasteiger partial charge on any atom is 0.139 e. The van der Waals surface area contributed by atoms with Crippen LogP contribution in [0.4, 0.5) is 15.8 Å². The number of aliphatic hydroxyl groups excluding tert-OH is 1. The molecule has 0 spiro atoms. The van der Waals surface area contributed by atoms with Gasteiger partial charge in [0.25, 0.3) is 0 Å². The average molecular weight is 291 g/mol. The van der Waals surface area contributed by atoms with E-state index in [2.05, 4.69) is 21.2 Å². The molecule has 4 N–H and O–H groups in total. The summed E-state index contributed by atoms with van der Waals surface area (Å²) >= 11 is 3.11. The third-order valence-electron chi connectivity index (χ3n) is 2.29. The zero-order valence-corrected chi connectivity index (χ0v) is 10.7. The monoisotopic (exact) mass is 290 g/mol. The van der Waals surface area contributed by atoms with Crippen molar-refractivity contribution >= 4 is 27.3 Å². The van der Waals surface area contributed by atoms with Crippen LogP contribution in [0.5, 0.6) is 0 Å². The molecule has 3 nitrogen and oxygen atoms in total. The molecule has 0 heterocycles. The van der Waals surface area contributed by atoms with Gasteiger partial charge in [0.1, 0.15) is 5.82 Å². The van der Waals surface area contributed by atoms with Gasteiger partial charge in [-0.15, -0.1) is 0 Å². The maximum absolute atomic E-state index is 13.1. The zero-order chi connectivity index (χ0) is 12.1. The number of nitrogen functional groups attached to an aromatic ring is 1. The smallest absolute Gasteiger partial charge is 0.139 e. The molecule has 90 valence electrons. The molecule has 1 aromatic rings. The Morgan fingerprint density at radius 2 is 2.25 bits per heavy atom. The third kappa shape index (κ3) is 3.64. The summed E-state index contributed by atoms with van der Waals surface area (Å²) in [7, 11) is 0. The number of hydrogen-bond donors (Lipinski definition) is 3. The summed E-state index contributed by atoms with van der Waals surface area (Å²) in [5, 5.41) is 11.9. The van der Waals surface area contributed by atoms with Crippen molar-refractivity contribution in [3.05, 3.63) is 22.4 Å². The van der Waals surface area contributed by atoms with Crippen LogP contribution in [0, 0.1) is 5.82 Å². The standard InChI is InChI=1S/C11H16BrFN2O/c1-7(3-2-4-16)15-11-5-8(12)9(13)6-10(11)14/h5-7,15-16H,2-4,14H2,1H3. The Labute approximate surface area is 103 Å². The van der Waals surface area contributed by atoms with Gasteiger partial charge in [0.15, 0.2) is 0 Å². The molecule has 0 aliphatic rings. The number of rotatable bonds is 5. The predicted molar refractivity (Wildman–Crippen MR) is 67.9 cm³/mol. The van der Waals surface area contributed by atoms with Crippen LogP contribution in [-0.2, 0) is 0 Å². The van der Waals surface area contributed by atoms with Gasteiger partial charge in [-0.2, -0.15) is 0 Å². The Bertz CT molecular complexity index is 360. The largest absolute Gasteiger partial charge is 0.397 e. The minimum atomic E-state index is -0.369. The molecule has 0 aromatic heterocycles. The number of anilines is 2. The number of hydrogen-bond acceptors (Lipinski definition) is 3. The molecule has 1 atom stereocenters. The van der Waals surface area contributed by atoms with Crippen molar-refractivity contribution in [1.82, 2.24) is 0 Å². The molecule has 5 heteroatoms. The Balaban J connectivity index is 2.69. The molecule has 1 rings (SSSR count). The second-order valence-electron chi connectivity index (χ2n) is 3.76. The van der Waals surface area contributed by atoms with Crippen molar-refractivity contribution in [2.45, 2.75) is 25.8 Å². The second-order valence-corrected chi connectivity index (χ2v) is 4.62. The number of nitrogens with one attached hydrogen (secondary N) is 1. The van der Waals surface area contributed by atoms with Crippen LogP contribution >= 0.6 is 15.9 Å². The van der Waals surface area contributed by atoms with E-state index >= 15 is 0 Å². The van der Waals surface area contributed by atoms with Crippen molar-refractivity contribution in [1.29, 1.82) is 0 Å². The number of aliphatic hydroxyl groups is 1. The zero-order valence-electron chi connectivity index (χ0n) is 9.13. The molecule has 0 aliphatic heterocycles. The lowest BCUT2D eigenvalue weighted by Crippen LogP contribution is -2.16. The highest BCUT2D eigenvalue weighted by molar-refractivity contribution is 9.10. The number of benzene rings is 1. The minimum Gasteiger partial charge on any atom is -0.397 e. The van der Waals surface area contributed by atoms with Gasteiger partial charge in [0, 0.05) is 18.7 Å². The predicted octanol–water partition coefficient (Wildman–Crippen LogP) is 2.74. The van der Waals surface area contributed by atoms with Gasteiger partial charge in [0.05, 0.1) is 15.8 Å². The van der Waals surface area contributed by atoms with Crippen molar-refractivity contribution in [2.24, 2.45) is 0 Å². The molecular weight excluding hydrogens is 275 g/mol. The first kappa shape index (κ1) is 13.3. The van der Waals surface area contributed by atoms with Crippen LogP contribution < -0.4 is 11.1 Å². The topological polar surface area (TPSA) is 58.3 Å². The third-order valence-corrected chi connectivity index (χ3v) is 2.90. The van der Waals surface area contributed by atoms with Gasteiger partial charge in [0.2, 0.25) is 0 Å². The molecule has 0 amide bonds. The molecular formula is C11H16BrFN2O. The van der Waals surface area contributed by atoms with E-state index in [0.29, 0.717) is 15.8 Å². The molecule has 0 saturated carbocycles. The first-order valence-electron chi connectivity index (χ1n) is 5.16. The molecule has 0 saturated heterocycles. The Hall–Kier alpha value is -0.810. The number of nitrogens with two attached hydrogens (primary N) is 1. The van der Waals surface area contributed by atoms with E-state index in [1.165, 1.54) is 6.07 Å². The van der Waals surface area contributed by atoms with Gasteiger partial charge >= 0.3 is 0 Å². The summed E-state index contributed by atoms with van der Waals surface area (Å²) in [6, 6.07) is 3.09. The van der Waals surface area contributed by atoms with Crippen LogP contribution in [0.3, 0.4) is 0 Å². The molecule has 16 heavy (non-hydrogen) atoms. The minimum absolute atomic E-state index is 0.175. The van der Waals surface area contributed by atoms with E-state index in [-0.39, 0.29) is 18.5 Å². The van der Waals surface area contributed by atoms with Crippen molar-refractivity contribution in [2.75, 3.05) is 17.7 Å². The van der Waals surface area contributed by atoms with E-state index in [9.17, 15) is 4.39 Å². The molecule has 1 unspecified atom stereocenters. The Morgan fingerprint density at radius 3 is 2.88 bits per heavy atom. The first-order chi connectivity index (χ1) is 7.54. The van der Waals surface area contributed by atoms with E-state index in [4.69, 9.17) is 10.8 Å². The van der Waals surface area contributed by atoms with Crippen molar-refractivity contribution in [3.63, 3.8) is 0 Å². The summed E-state index contributed by atoms with van der Waals surface area (Å²) in [5.41, 5.74) is 6.79. The van der Waals surface area contributed by atoms with E-state index in [1.807, 2.05) is 6.92 Å². The molecule has 0 aliphatic carbocycles. The number of halogens is 2. The van der Waals surface area contributed by atoms with Crippen LogP contribution in [0.2, 0.25) is 0 Å². The lowest BCUT2D eigenvalue weighted by molar-refractivity contribution is 0.282. The van der Waals surface area contributed by atoms with Gasteiger partial charge in [-0.25, -0.2) is 4.39 Å². The molecule has 0 radical (unpaired) electrons. The summed E-state index contributed by atoms with van der Waals surface area (Å²) in [6.45, 7) is 2.17. The SMILES string of the molecule is CC(CCCO)Nc1cc(Br)c(F)cc1N. The maximum atomic E-state index is 13.1. The van der Waals surface area contributed by atoms with Crippen molar-refractivity contribution in [3.8, 4) is 0 Å². The van der Waals surface area contributed by atoms with E-state index in [1.54, 1.807) is 6.07 Å². The van der Waals surface area contributed by atoms with E-state index in [0.717, 1.165) is 12.8 Å². The molecule has 0 fully saturated rings. The van der Waals surface area contributed by atoms with E-state index < -0.39 is 0 Å². The van der Waals surface area contributed by atoms with Crippen LogP contribution in [0.1, 0.15) is 19.8 Å². The summed E-state index contributed by atoms with van der Waals surface area (Å²) in [5.74, 6) is -0.369. The summed E-state index contributed by atoms with van der Waals surface area (Å²) in [6.07, 6.45) is 1.57. The fourth-order valence-corrected chi connectivity index (χ4v) is 1.77. The van der Waals surface area contributed by atoms with Crippen molar-refractivity contribution < 1.29 is 9.50 Å². The fourth-order valence-electron chi connectivity index (χ4n) is 1.42. The Kier molecular flexibility index (Phi) is 5.02. The lowest BCUT2D eigenvalue weighted by atomic mass is 10.1. The highest BCUT2D eigenvalue weighted by atomic mass is 79.9. The van der Waals surface area contributed by atoms with Gasteiger partial charge in [-0.1, -0.05) is 0 Å². The molecule has 0 bridgehead atoms. The van der Waals surface area contributed by atoms with Gasteiger partial charge < -0.3 is 16.2 Å². The fraction of sp³-hybridized carbons (Fsp3) is 0.455. The van der Waals surface area contributed by atoms with Crippen LogP contribution in [-0.4, -0.2) is 17.8 Å². The first-order valence-corrected chi connectivity index (χ1v) is 5.95.